The molecule has 0 aliphatic carbocycles. The summed E-state index contributed by atoms with van der Waals surface area (Å²) in [4.78, 5) is 0. The monoisotopic (exact) mass is 287 g/mol. The van der Waals surface area contributed by atoms with E-state index in [1.165, 1.54) is 12.0 Å². The summed E-state index contributed by atoms with van der Waals surface area (Å²) in [7, 11) is 0. The van der Waals surface area contributed by atoms with E-state index in [2.05, 4.69) is 26.1 Å². The van der Waals surface area contributed by atoms with Gasteiger partial charge in [0.05, 0.1) is 0 Å². The molecule has 18 heavy (non-hydrogen) atoms. The number of halogens is 2. The van der Waals surface area contributed by atoms with E-state index in [1.54, 1.807) is 0 Å². The fraction of sp³-hybridized carbons (Fsp3) is 0.600. The van der Waals surface area contributed by atoms with E-state index in [4.69, 9.17) is 23.2 Å². The van der Waals surface area contributed by atoms with Crippen LogP contribution in [-0.2, 0) is 6.42 Å². The molecule has 0 bridgehead atoms. The predicted molar refractivity (Wildman–Crippen MR) is 81.7 cm³/mol. The van der Waals surface area contributed by atoms with Crippen molar-refractivity contribution in [1.29, 1.82) is 0 Å². The normalized spacial score (nSPS) is 11.8. The molecule has 0 heterocycles. The van der Waals surface area contributed by atoms with Crippen molar-refractivity contribution in [3.8, 4) is 0 Å². The van der Waals surface area contributed by atoms with Gasteiger partial charge in [0.15, 0.2) is 0 Å². The zero-order valence-corrected chi connectivity index (χ0v) is 13.0. The van der Waals surface area contributed by atoms with Crippen LogP contribution in [0.2, 0.25) is 10.0 Å². The highest BCUT2D eigenvalue weighted by Gasteiger charge is 2.17. The van der Waals surface area contributed by atoms with E-state index in [0.29, 0.717) is 5.02 Å². The molecule has 1 N–H and O–H groups in total. The van der Waals surface area contributed by atoms with E-state index in [-0.39, 0.29) is 5.41 Å². The topological polar surface area (TPSA) is 12.0 Å². The van der Waals surface area contributed by atoms with Gasteiger partial charge in [0, 0.05) is 16.6 Å². The summed E-state index contributed by atoms with van der Waals surface area (Å²) in [5, 5.41) is 4.96. The first-order chi connectivity index (χ1) is 8.44. The Balaban J connectivity index is 2.48. The largest absolute Gasteiger partial charge is 0.316 e. The van der Waals surface area contributed by atoms with Crippen molar-refractivity contribution in [2.75, 3.05) is 13.1 Å². The third-order valence-corrected chi connectivity index (χ3v) is 3.70. The molecule has 0 atom stereocenters. The van der Waals surface area contributed by atoms with Gasteiger partial charge in [0.2, 0.25) is 0 Å². The second-order valence-corrected chi connectivity index (χ2v) is 6.42. The van der Waals surface area contributed by atoms with Gasteiger partial charge in [-0.05, 0) is 48.9 Å². The Hall–Kier alpha value is -0.240. The van der Waals surface area contributed by atoms with Crippen LogP contribution in [0, 0.1) is 5.41 Å². The van der Waals surface area contributed by atoms with Gasteiger partial charge < -0.3 is 5.32 Å². The average Bonchev–Trinajstić information content (AvgIpc) is 2.28. The Morgan fingerprint density at radius 1 is 1.22 bits per heavy atom. The number of hydrogen-bond acceptors (Lipinski definition) is 1. The van der Waals surface area contributed by atoms with Crippen LogP contribution in [0.25, 0.3) is 0 Å². The maximum atomic E-state index is 6.19. The molecule has 3 heteroatoms. The number of aryl methyl sites for hydroxylation is 1. The smallest absolute Gasteiger partial charge is 0.0452 e. The zero-order chi connectivity index (χ0) is 13.6. The summed E-state index contributed by atoms with van der Waals surface area (Å²) in [6, 6.07) is 5.76. The van der Waals surface area contributed by atoms with Crippen molar-refractivity contribution < 1.29 is 0 Å². The Morgan fingerprint density at radius 3 is 2.56 bits per heavy atom. The molecule has 0 fully saturated rings. The summed E-state index contributed by atoms with van der Waals surface area (Å²) in [5.41, 5.74) is 1.47. The fourth-order valence-electron chi connectivity index (χ4n) is 1.89. The third kappa shape index (κ3) is 5.60. The highest BCUT2D eigenvalue weighted by molar-refractivity contribution is 6.35. The first kappa shape index (κ1) is 15.8. The van der Waals surface area contributed by atoms with E-state index >= 15 is 0 Å². The standard InChI is InChI=1S/C15H23Cl2N/c1-4-9-18-11-15(2,3)8-7-12-5-6-13(16)10-14(12)17/h5-6,10,18H,4,7-9,11H2,1-3H3. The Kier molecular flexibility index (Phi) is 6.48. The van der Waals surface area contributed by atoms with E-state index in [1.807, 2.05) is 18.2 Å². The summed E-state index contributed by atoms with van der Waals surface area (Å²) >= 11 is 12.1. The zero-order valence-electron chi connectivity index (χ0n) is 11.5. The quantitative estimate of drug-likeness (QED) is 0.700. The molecular formula is C15H23Cl2N. The molecule has 0 amide bonds. The predicted octanol–water partition coefficient (Wildman–Crippen LogP) is 4.95. The lowest BCUT2D eigenvalue weighted by Gasteiger charge is -2.25. The number of rotatable bonds is 7. The van der Waals surface area contributed by atoms with Gasteiger partial charge in [-0.25, -0.2) is 0 Å². The summed E-state index contributed by atoms with van der Waals surface area (Å²) < 4.78 is 0. The van der Waals surface area contributed by atoms with Crippen molar-refractivity contribution in [2.24, 2.45) is 5.41 Å². The van der Waals surface area contributed by atoms with E-state index < -0.39 is 0 Å². The molecule has 0 aliphatic heterocycles. The first-order valence-electron chi connectivity index (χ1n) is 6.59. The SMILES string of the molecule is CCCNCC(C)(C)CCc1ccc(Cl)cc1Cl. The molecule has 0 spiro atoms. The van der Waals surface area contributed by atoms with Crippen molar-refractivity contribution in [2.45, 2.75) is 40.0 Å². The number of nitrogens with one attached hydrogen (secondary N) is 1. The molecule has 0 unspecified atom stereocenters. The molecule has 0 aliphatic rings. The summed E-state index contributed by atoms with van der Waals surface area (Å²) in [6.07, 6.45) is 3.29. The minimum Gasteiger partial charge on any atom is -0.316 e. The van der Waals surface area contributed by atoms with Crippen LogP contribution in [0.15, 0.2) is 18.2 Å². The van der Waals surface area contributed by atoms with Crippen LogP contribution in [-0.4, -0.2) is 13.1 Å². The van der Waals surface area contributed by atoms with Crippen LogP contribution in [0.5, 0.6) is 0 Å². The maximum Gasteiger partial charge on any atom is 0.0452 e. The third-order valence-electron chi connectivity index (χ3n) is 3.12. The van der Waals surface area contributed by atoms with Crippen LogP contribution in [0.1, 0.15) is 39.2 Å². The molecule has 102 valence electrons. The molecular weight excluding hydrogens is 265 g/mol. The highest BCUT2D eigenvalue weighted by Crippen LogP contribution is 2.27. The van der Waals surface area contributed by atoms with Gasteiger partial charge in [-0.15, -0.1) is 0 Å². The van der Waals surface area contributed by atoms with Crippen molar-refractivity contribution in [1.82, 2.24) is 5.32 Å². The van der Waals surface area contributed by atoms with E-state index in [0.717, 1.165) is 31.0 Å². The van der Waals surface area contributed by atoms with Crippen LogP contribution in [0.3, 0.4) is 0 Å². The Morgan fingerprint density at radius 2 is 1.94 bits per heavy atom. The van der Waals surface area contributed by atoms with Crippen molar-refractivity contribution >= 4 is 23.2 Å². The van der Waals surface area contributed by atoms with Gasteiger partial charge >= 0.3 is 0 Å². The van der Waals surface area contributed by atoms with Crippen molar-refractivity contribution in [3.05, 3.63) is 33.8 Å². The van der Waals surface area contributed by atoms with Gasteiger partial charge in [-0.3, -0.25) is 0 Å². The molecule has 0 saturated heterocycles. The minimum atomic E-state index is 0.290. The molecule has 1 aromatic rings. The Bertz CT molecular complexity index is 375. The second kappa shape index (κ2) is 7.37. The lowest BCUT2D eigenvalue weighted by molar-refractivity contribution is 0.315. The van der Waals surface area contributed by atoms with Crippen molar-refractivity contribution in [3.63, 3.8) is 0 Å². The second-order valence-electron chi connectivity index (χ2n) is 5.58. The van der Waals surface area contributed by atoms with Gasteiger partial charge in [-0.1, -0.05) is 50.0 Å². The lowest BCUT2D eigenvalue weighted by atomic mass is 9.86. The molecule has 1 aromatic carbocycles. The maximum absolute atomic E-state index is 6.19. The molecule has 1 nitrogen and oxygen atoms in total. The van der Waals surface area contributed by atoms with Crippen LogP contribution >= 0.6 is 23.2 Å². The molecule has 0 radical (unpaired) electrons. The number of hydrogen-bond donors (Lipinski definition) is 1. The van der Waals surface area contributed by atoms with Gasteiger partial charge in [-0.2, -0.15) is 0 Å². The highest BCUT2D eigenvalue weighted by atomic mass is 35.5. The molecule has 0 aromatic heterocycles. The van der Waals surface area contributed by atoms with Crippen LogP contribution in [0.4, 0.5) is 0 Å². The molecule has 0 saturated carbocycles. The van der Waals surface area contributed by atoms with Gasteiger partial charge in [0.1, 0.15) is 0 Å². The Labute approximate surface area is 121 Å². The molecule has 1 rings (SSSR count). The summed E-state index contributed by atoms with van der Waals surface area (Å²) in [5.74, 6) is 0. The van der Waals surface area contributed by atoms with Crippen LogP contribution < -0.4 is 5.32 Å². The first-order valence-corrected chi connectivity index (χ1v) is 7.35. The van der Waals surface area contributed by atoms with E-state index in [9.17, 15) is 0 Å². The van der Waals surface area contributed by atoms with Gasteiger partial charge in [0.25, 0.3) is 0 Å². The number of benzene rings is 1. The summed E-state index contributed by atoms with van der Waals surface area (Å²) in [6.45, 7) is 8.91. The minimum absolute atomic E-state index is 0.290. The lowest BCUT2D eigenvalue weighted by Crippen LogP contribution is -2.30. The average molecular weight is 288 g/mol. The fourth-order valence-corrected chi connectivity index (χ4v) is 2.39.